The molecule has 1 aliphatic heterocycles. The second kappa shape index (κ2) is 5.52. The second-order valence-corrected chi connectivity index (χ2v) is 5.82. The average Bonchev–Trinajstić information content (AvgIpc) is 3.18. The molecule has 5 nitrogen and oxygen atoms in total. The highest BCUT2D eigenvalue weighted by molar-refractivity contribution is 5.95. The van der Waals surface area contributed by atoms with E-state index in [9.17, 15) is 9.90 Å². The minimum Gasteiger partial charge on any atom is -0.390 e. The van der Waals surface area contributed by atoms with Crippen LogP contribution in [0.25, 0.3) is 10.9 Å². The highest BCUT2D eigenvalue weighted by Crippen LogP contribution is 2.35. The Balaban J connectivity index is 1.75. The highest BCUT2D eigenvalue weighted by atomic mass is 16.3. The van der Waals surface area contributed by atoms with Crippen molar-refractivity contribution in [1.29, 1.82) is 0 Å². The van der Waals surface area contributed by atoms with Crippen LogP contribution < -0.4 is 0 Å². The summed E-state index contributed by atoms with van der Waals surface area (Å²) in [7, 11) is 0. The third-order valence-corrected chi connectivity index (χ3v) is 4.43. The van der Waals surface area contributed by atoms with Crippen LogP contribution in [0.3, 0.4) is 0 Å². The predicted molar refractivity (Wildman–Crippen MR) is 86.9 cm³/mol. The third kappa shape index (κ3) is 2.29. The van der Waals surface area contributed by atoms with Crippen LogP contribution in [-0.4, -0.2) is 38.8 Å². The van der Waals surface area contributed by atoms with Crippen LogP contribution >= 0.6 is 0 Å². The maximum atomic E-state index is 12.8. The van der Waals surface area contributed by atoms with Crippen LogP contribution in [0.4, 0.5) is 0 Å². The summed E-state index contributed by atoms with van der Waals surface area (Å²) in [6.45, 7) is 0.535. The number of H-pyrrole nitrogens is 1. The lowest BCUT2D eigenvalue weighted by Gasteiger charge is -2.25. The van der Waals surface area contributed by atoms with Gasteiger partial charge >= 0.3 is 0 Å². The SMILES string of the molecule is O=C(c1ccccc1)N1CCC(O)C1c1[nH]nc2ccccc12. The number of nitrogens with zero attached hydrogens (tertiary/aromatic N) is 2. The molecule has 0 saturated carbocycles. The predicted octanol–water partition coefficient (Wildman–Crippen LogP) is 2.51. The van der Waals surface area contributed by atoms with Crippen molar-refractivity contribution in [3.63, 3.8) is 0 Å². The molecule has 1 amide bonds. The van der Waals surface area contributed by atoms with Gasteiger partial charge in [0.1, 0.15) is 6.04 Å². The van der Waals surface area contributed by atoms with Crippen molar-refractivity contribution in [2.45, 2.75) is 18.6 Å². The molecular weight excluding hydrogens is 290 g/mol. The number of aliphatic hydroxyl groups excluding tert-OH is 1. The van der Waals surface area contributed by atoms with Gasteiger partial charge in [0.05, 0.1) is 17.3 Å². The van der Waals surface area contributed by atoms with Gasteiger partial charge in [-0.15, -0.1) is 0 Å². The molecule has 116 valence electrons. The summed E-state index contributed by atoms with van der Waals surface area (Å²) < 4.78 is 0. The standard InChI is InChI=1S/C18H17N3O2/c22-15-10-11-21(18(23)12-6-2-1-3-7-12)17(15)16-13-8-4-5-9-14(13)19-20-16/h1-9,15,17,22H,10-11H2,(H,19,20). The summed E-state index contributed by atoms with van der Waals surface area (Å²) in [6.07, 6.45) is -0.0251. The zero-order chi connectivity index (χ0) is 15.8. The zero-order valence-corrected chi connectivity index (χ0v) is 12.5. The van der Waals surface area contributed by atoms with E-state index < -0.39 is 12.1 Å². The number of likely N-dealkylation sites (tertiary alicyclic amines) is 1. The van der Waals surface area contributed by atoms with Gasteiger partial charge in [0.15, 0.2) is 0 Å². The molecule has 4 rings (SSSR count). The van der Waals surface area contributed by atoms with Gasteiger partial charge in [-0.3, -0.25) is 9.89 Å². The number of amides is 1. The molecule has 1 saturated heterocycles. The minimum atomic E-state index is -0.591. The van der Waals surface area contributed by atoms with Crippen LogP contribution in [0.15, 0.2) is 54.6 Å². The number of hydrogen-bond acceptors (Lipinski definition) is 3. The lowest BCUT2D eigenvalue weighted by molar-refractivity contribution is 0.0633. The molecule has 0 spiro atoms. The summed E-state index contributed by atoms with van der Waals surface area (Å²) in [5.74, 6) is -0.0640. The molecule has 0 bridgehead atoms. The number of carbonyl (C=O) groups excluding carboxylic acids is 1. The second-order valence-electron chi connectivity index (χ2n) is 5.82. The monoisotopic (exact) mass is 307 g/mol. The number of hydrogen-bond donors (Lipinski definition) is 2. The number of fused-ring (bicyclic) bond motifs is 1. The van der Waals surface area contributed by atoms with Crippen molar-refractivity contribution in [2.24, 2.45) is 0 Å². The molecule has 5 heteroatoms. The number of carbonyl (C=O) groups is 1. The summed E-state index contributed by atoms with van der Waals surface area (Å²) in [4.78, 5) is 14.6. The van der Waals surface area contributed by atoms with Gasteiger partial charge in [0.25, 0.3) is 5.91 Å². The summed E-state index contributed by atoms with van der Waals surface area (Å²) in [5.41, 5.74) is 2.28. The lowest BCUT2D eigenvalue weighted by Crippen LogP contribution is -2.33. The Bertz CT molecular complexity index is 844. The molecule has 23 heavy (non-hydrogen) atoms. The van der Waals surface area contributed by atoms with Crippen molar-refractivity contribution in [2.75, 3.05) is 6.54 Å². The fraction of sp³-hybridized carbons (Fsp3) is 0.222. The van der Waals surface area contributed by atoms with E-state index in [0.29, 0.717) is 18.5 Å². The average molecular weight is 307 g/mol. The first-order valence-electron chi connectivity index (χ1n) is 7.73. The lowest BCUT2D eigenvalue weighted by atomic mass is 10.0. The van der Waals surface area contributed by atoms with Crippen molar-refractivity contribution in [3.8, 4) is 0 Å². The fourth-order valence-corrected chi connectivity index (χ4v) is 3.30. The Morgan fingerprint density at radius 3 is 2.70 bits per heavy atom. The van der Waals surface area contributed by atoms with Crippen LogP contribution in [0.2, 0.25) is 0 Å². The topological polar surface area (TPSA) is 69.2 Å². The summed E-state index contributed by atoms with van der Waals surface area (Å²) in [6, 6.07) is 16.5. The van der Waals surface area contributed by atoms with Crippen molar-refractivity contribution >= 4 is 16.8 Å². The van der Waals surface area contributed by atoms with Crippen LogP contribution in [0, 0.1) is 0 Å². The number of benzene rings is 2. The first-order valence-corrected chi connectivity index (χ1v) is 7.73. The first kappa shape index (κ1) is 14.0. The van der Waals surface area contributed by atoms with E-state index in [4.69, 9.17) is 0 Å². The van der Waals surface area contributed by atoms with Crippen LogP contribution in [0.5, 0.6) is 0 Å². The van der Waals surface area contributed by atoms with Crippen LogP contribution in [-0.2, 0) is 0 Å². The maximum absolute atomic E-state index is 12.8. The highest BCUT2D eigenvalue weighted by Gasteiger charge is 2.39. The normalized spacial score (nSPS) is 21.0. The number of aromatic nitrogens is 2. The summed E-state index contributed by atoms with van der Waals surface area (Å²) >= 11 is 0. The molecule has 1 aliphatic rings. The number of rotatable bonds is 2. The van der Waals surface area contributed by atoms with E-state index in [1.807, 2.05) is 42.5 Å². The number of nitrogens with one attached hydrogen (secondary N) is 1. The minimum absolute atomic E-state index is 0.0640. The van der Waals surface area contributed by atoms with E-state index >= 15 is 0 Å². The van der Waals surface area contributed by atoms with Gasteiger partial charge in [0, 0.05) is 17.5 Å². The van der Waals surface area contributed by atoms with Crippen LogP contribution in [0.1, 0.15) is 28.5 Å². The number of para-hydroxylation sites is 1. The van der Waals surface area contributed by atoms with Crippen molar-refractivity contribution in [3.05, 3.63) is 65.9 Å². The Morgan fingerprint density at radius 2 is 1.87 bits per heavy atom. The van der Waals surface area contributed by atoms with Crippen molar-refractivity contribution in [1.82, 2.24) is 15.1 Å². The molecule has 2 N–H and O–H groups in total. The third-order valence-electron chi connectivity index (χ3n) is 4.43. The molecule has 1 aromatic heterocycles. The summed E-state index contributed by atoms with van der Waals surface area (Å²) in [5, 5.41) is 18.7. The Kier molecular flexibility index (Phi) is 3.35. The van der Waals surface area contributed by atoms with E-state index in [2.05, 4.69) is 10.2 Å². The smallest absolute Gasteiger partial charge is 0.254 e. The largest absolute Gasteiger partial charge is 0.390 e. The van der Waals surface area contributed by atoms with Crippen molar-refractivity contribution < 1.29 is 9.90 Å². The quantitative estimate of drug-likeness (QED) is 0.764. The number of aromatic amines is 1. The molecule has 1 fully saturated rings. The van der Waals surface area contributed by atoms with Gasteiger partial charge in [-0.05, 0) is 24.6 Å². The maximum Gasteiger partial charge on any atom is 0.254 e. The van der Waals surface area contributed by atoms with E-state index in [1.54, 1.807) is 17.0 Å². The molecule has 2 aromatic carbocycles. The Labute approximate surface area is 133 Å². The van der Waals surface area contributed by atoms with E-state index in [0.717, 1.165) is 16.6 Å². The molecule has 0 aliphatic carbocycles. The van der Waals surface area contributed by atoms with E-state index in [-0.39, 0.29) is 5.91 Å². The molecule has 3 aromatic rings. The van der Waals surface area contributed by atoms with Gasteiger partial charge < -0.3 is 10.0 Å². The molecule has 2 unspecified atom stereocenters. The van der Waals surface area contributed by atoms with Gasteiger partial charge in [-0.1, -0.05) is 36.4 Å². The van der Waals surface area contributed by atoms with E-state index in [1.165, 1.54) is 0 Å². The molecular formula is C18H17N3O2. The molecule has 0 radical (unpaired) electrons. The fourth-order valence-electron chi connectivity index (χ4n) is 3.30. The molecule has 2 atom stereocenters. The Morgan fingerprint density at radius 1 is 1.13 bits per heavy atom. The number of aliphatic hydroxyl groups is 1. The first-order chi connectivity index (χ1) is 11.3. The van der Waals surface area contributed by atoms with Gasteiger partial charge in [0.2, 0.25) is 0 Å². The van der Waals surface area contributed by atoms with Gasteiger partial charge in [-0.25, -0.2) is 0 Å². The Hall–Kier alpha value is -2.66. The zero-order valence-electron chi connectivity index (χ0n) is 12.5. The molecule has 2 heterocycles. The van der Waals surface area contributed by atoms with Gasteiger partial charge in [-0.2, -0.15) is 5.10 Å².